The minimum atomic E-state index is -1.33. The number of rotatable bonds is 13. The second-order valence-electron chi connectivity index (χ2n) is 11.5. The van der Waals surface area contributed by atoms with Crippen molar-refractivity contribution >= 4 is 6.16 Å². The number of nitrogens with one attached hydrogen (secondary N) is 1. The number of aliphatic hydroxyl groups is 1. The second-order valence-corrected chi connectivity index (χ2v) is 11.5. The molecule has 3 aromatic carbocycles. The Balaban J connectivity index is 1.64. The Morgan fingerprint density at radius 2 is 1.77 bits per heavy atom. The lowest BCUT2D eigenvalue weighted by molar-refractivity contribution is -0.00397. The third kappa shape index (κ3) is 9.15. The number of carbonyl (C=O) groups is 1. The highest BCUT2D eigenvalue weighted by atomic mass is 19.1. The lowest BCUT2D eigenvalue weighted by atomic mass is 9.93. The molecule has 0 aliphatic rings. The molecule has 6 nitrogen and oxygen atoms in total. The molecule has 2 atom stereocenters. The lowest BCUT2D eigenvalue weighted by Crippen LogP contribution is -2.46. The summed E-state index contributed by atoms with van der Waals surface area (Å²) in [6, 6.07) is 18.7. The summed E-state index contributed by atoms with van der Waals surface area (Å²) in [5.41, 5.74) is 4.89. The van der Waals surface area contributed by atoms with E-state index in [0.717, 1.165) is 27.8 Å². The SMILES string of the molecule is Cc1ccc(CC(C)(C)NC[C@@H](O)COC(C)c2ccccc2-c2ccc(OC(=O)O)c(CC(C)C)c2)cc1F. The highest BCUT2D eigenvalue weighted by molar-refractivity contribution is 5.71. The molecule has 40 heavy (non-hydrogen) atoms. The van der Waals surface area contributed by atoms with E-state index in [1.54, 1.807) is 25.1 Å². The van der Waals surface area contributed by atoms with E-state index in [1.165, 1.54) is 0 Å². The molecule has 0 aromatic heterocycles. The average molecular weight is 552 g/mol. The summed E-state index contributed by atoms with van der Waals surface area (Å²) in [5, 5.41) is 23.2. The van der Waals surface area contributed by atoms with Crippen molar-refractivity contribution in [3.8, 4) is 16.9 Å². The first-order chi connectivity index (χ1) is 18.8. The predicted molar refractivity (Wildman–Crippen MR) is 156 cm³/mol. The van der Waals surface area contributed by atoms with Crippen molar-refractivity contribution in [2.45, 2.75) is 72.1 Å². The van der Waals surface area contributed by atoms with Gasteiger partial charge in [-0.2, -0.15) is 0 Å². The third-order valence-electron chi connectivity index (χ3n) is 6.83. The van der Waals surface area contributed by atoms with Crippen molar-refractivity contribution in [2.75, 3.05) is 13.2 Å². The first-order valence-electron chi connectivity index (χ1n) is 13.8. The van der Waals surface area contributed by atoms with Gasteiger partial charge in [0.1, 0.15) is 11.6 Å². The third-order valence-corrected chi connectivity index (χ3v) is 6.83. The molecule has 0 fully saturated rings. The highest BCUT2D eigenvalue weighted by Crippen LogP contribution is 2.34. The van der Waals surface area contributed by atoms with Crippen molar-refractivity contribution in [1.82, 2.24) is 5.32 Å². The van der Waals surface area contributed by atoms with Gasteiger partial charge < -0.3 is 25.0 Å². The molecule has 0 spiro atoms. The Morgan fingerprint density at radius 1 is 1.05 bits per heavy atom. The van der Waals surface area contributed by atoms with Crippen LogP contribution in [0.4, 0.5) is 9.18 Å². The first kappa shape index (κ1) is 31.3. The van der Waals surface area contributed by atoms with E-state index in [-0.39, 0.29) is 24.1 Å². The van der Waals surface area contributed by atoms with Crippen molar-refractivity contribution in [3.05, 3.63) is 88.7 Å². The van der Waals surface area contributed by atoms with Gasteiger partial charge in [-0.3, -0.25) is 0 Å². The number of hydrogen-bond acceptors (Lipinski definition) is 5. The molecule has 3 N–H and O–H groups in total. The number of carboxylic acid groups (broad SMARTS) is 1. The Bertz CT molecular complexity index is 1290. The number of hydrogen-bond donors (Lipinski definition) is 3. The quantitative estimate of drug-likeness (QED) is 0.155. The van der Waals surface area contributed by atoms with Crippen LogP contribution in [0.1, 0.15) is 63.0 Å². The first-order valence-corrected chi connectivity index (χ1v) is 13.8. The maximum absolute atomic E-state index is 14.0. The summed E-state index contributed by atoms with van der Waals surface area (Å²) >= 11 is 0. The van der Waals surface area contributed by atoms with Gasteiger partial charge in [-0.1, -0.05) is 56.3 Å². The summed E-state index contributed by atoms with van der Waals surface area (Å²) in [6.07, 6.45) is -1.05. The molecule has 7 heteroatoms. The number of halogens is 1. The zero-order valence-electron chi connectivity index (χ0n) is 24.3. The number of β-amino-alcohol motifs (C(OH)–C–C–N with tert-alkyl or cyclic N) is 1. The molecule has 0 aliphatic heterocycles. The predicted octanol–water partition coefficient (Wildman–Crippen LogP) is 7.11. The number of benzene rings is 3. The fourth-order valence-electron chi connectivity index (χ4n) is 4.77. The fraction of sp³-hybridized carbons (Fsp3) is 0.424. The van der Waals surface area contributed by atoms with Crippen LogP contribution in [0.3, 0.4) is 0 Å². The zero-order valence-corrected chi connectivity index (χ0v) is 24.3. The molecule has 0 heterocycles. The monoisotopic (exact) mass is 551 g/mol. The van der Waals surface area contributed by atoms with Crippen LogP contribution in [-0.4, -0.2) is 41.2 Å². The Morgan fingerprint density at radius 3 is 2.45 bits per heavy atom. The van der Waals surface area contributed by atoms with Gasteiger partial charge in [0.25, 0.3) is 0 Å². The number of ether oxygens (including phenoxy) is 2. The van der Waals surface area contributed by atoms with Crippen LogP contribution < -0.4 is 10.1 Å². The normalized spacial score (nSPS) is 13.3. The Labute approximate surface area is 237 Å². The van der Waals surface area contributed by atoms with E-state index in [1.807, 2.05) is 63.2 Å². The van der Waals surface area contributed by atoms with E-state index in [2.05, 4.69) is 19.2 Å². The minimum absolute atomic E-state index is 0.141. The van der Waals surface area contributed by atoms with Crippen LogP contribution in [0.25, 0.3) is 11.1 Å². The second kappa shape index (κ2) is 13.9. The summed E-state index contributed by atoms with van der Waals surface area (Å²) in [5.74, 6) is 0.455. The molecule has 3 aromatic rings. The van der Waals surface area contributed by atoms with Gasteiger partial charge in [0, 0.05) is 12.1 Å². The van der Waals surface area contributed by atoms with E-state index >= 15 is 0 Å². The maximum atomic E-state index is 14.0. The van der Waals surface area contributed by atoms with E-state index < -0.39 is 12.3 Å². The van der Waals surface area contributed by atoms with Crippen LogP contribution in [0.2, 0.25) is 0 Å². The zero-order chi connectivity index (χ0) is 29.4. The molecule has 0 aliphatic carbocycles. The van der Waals surface area contributed by atoms with Crippen molar-refractivity contribution in [3.63, 3.8) is 0 Å². The number of aliphatic hydroxyl groups excluding tert-OH is 1. The number of aryl methyl sites for hydroxylation is 1. The van der Waals surface area contributed by atoms with Gasteiger partial charge in [0.2, 0.25) is 0 Å². The summed E-state index contributed by atoms with van der Waals surface area (Å²) in [6.45, 7) is 12.4. The molecule has 0 radical (unpaired) electrons. The van der Waals surface area contributed by atoms with E-state index in [0.29, 0.717) is 36.6 Å². The molecule has 216 valence electrons. The van der Waals surface area contributed by atoms with Gasteiger partial charge in [0.05, 0.1) is 18.8 Å². The van der Waals surface area contributed by atoms with Crippen molar-refractivity contribution < 1.29 is 28.9 Å². The standard InChI is InChI=1S/C33H42FNO5/c1-21(2)15-26-17-25(13-14-31(26)40-32(37)38)29-10-8-7-9-28(29)23(4)39-20-27(36)19-35-33(5,6)18-24-12-11-22(3)30(34)16-24/h7-14,16-17,21,23,27,35-36H,15,18-20H2,1-6H3,(H,37,38)/t23?,27-/m1/s1. The van der Waals surface area contributed by atoms with Gasteiger partial charge in [-0.05, 0) is 98.0 Å². The smallest absolute Gasteiger partial charge is 0.449 e. The van der Waals surface area contributed by atoms with Gasteiger partial charge in [-0.15, -0.1) is 0 Å². The average Bonchev–Trinajstić information content (AvgIpc) is 2.88. The minimum Gasteiger partial charge on any atom is -0.449 e. The molecular weight excluding hydrogens is 509 g/mol. The summed E-state index contributed by atoms with van der Waals surface area (Å²) in [7, 11) is 0. The topological polar surface area (TPSA) is 88.0 Å². The Hall–Kier alpha value is -3.26. The highest BCUT2D eigenvalue weighted by Gasteiger charge is 2.21. The fourth-order valence-corrected chi connectivity index (χ4v) is 4.77. The molecule has 0 saturated heterocycles. The van der Waals surface area contributed by atoms with Gasteiger partial charge >= 0.3 is 6.16 Å². The molecule has 0 saturated carbocycles. The molecule has 0 bridgehead atoms. The van der Waals surface area contributed by atoms with Crippen LogP contribution in [0.15, 0.2) is 60.7 Å². The molecule has 3 rings (SSSR count). The largest absolute Gasteiger partial charge is 0.511 e. The van der Waals surface area contributed by atoms with Crippen LogP contribution in [0.5, 0.6) is 5.75 Å². The van der Waals surface area contributed by atoms with Crippen LogP contribution in [-0.2, 0) is 17.6 Å². The van der Waals surface area contributed by atoms with Crippen molar-refractivity contribution in [2.24, 2.45) is 5.92 Å². The Kier molecular flexibility index (Phi) is 10.9. The summed E-state index contributed by atoms with van der Waals surface area (Å²) in [4.78, 5) is 11.2. The van der Waals surface area contributed by atoms with Crippen LogP contribution >= 0.6 is 0 Å². The summed E-state index contributed by atoms with van der Waals surface area (Å²) < 4.78 is 25.1. The maximum Gasteiger partial charge on any atom is 0.511 e. The van der Waals surface area contributed by atoms with Gasteiger partial charge in [-0.25, -0.2) is 9.18 Å². The molecule has 0 amide bonds. The van der Waals surface area contributed by atoms with Gasteiger partial charge in [0.15, 0.2) is 0 Å². The van der Waals surface area contributed by atoms with Crippen LogP contribution in [0, 0.1) is 18.7 Å². The van der Waals surface area contributed by atoms with Crippen molar-refractivity contribution in [1.29, 1.82) is 0 Å². The lowest BCUT2D eigenvalue weighted by Gasteiger charge is -2.28. The van der Waals surface area contributed by atoms with E-state index in [4.69, 9.17) is 14.6 Å². The molecule has 1 unspecified atom stereocenters. The molecular formula is C33H42FNO5. The van der Waals surface area contributed by atoms with E-state index in [9.17, 15) is 14.3 Å².